The Balaban J connectivity index is 1.29. The van der Waals surface area contributed by atoms with Crippen molar-refractivity contribution < 1.29 is 29.0 Å². The van der Waals surface area contributed by atoms with Crippen LogP contribution in [0.1, 0.15) is 87.2 Å². The van der Waals surface area contributed by atoms with E-state index in [2.05, 4.69) is 30.2 Å². The summed E-state index contributed by atoms with van der Waals surface area (Å²) >= 11 is 0. The fourth-order valence-corrected chi connectivity index (χ4v) is 8.88. The second-order valence-corrected chi connectivity index (χ2v) is 13.7. The van der Waals surface area contributed by atoms with Gasteiger partial charge in [0.1, 0.15) is 11.9 Å². The van der Waals surface area contributed by atoms with Gasteiger partial charge >= 0.3 is 5.97 Å². The van der Waals surface area contributed by atoms with Gasteiger partial charge in [0.2, 0.25) is 5.91 Å². The summed E-state index contributed by atoms with van der Waals surface area (Å²) in [6.45, 7) is 11.9. The number of esters is 1. The molecule has 1 amide bonds. The lowest BCUT2D eigenvalue weighted by Gasteiger charge is -2.60. The minimum atomic E-state index is -0.466. The van der Waals surface area contributed by atoms with E-state index in [1.54, 1.807) is 0 Å². The Morgan fingerprint density at radius 2 is 1.93 bits per heavy atom. The van der Waals surface area contributed by atoms with Crippen LogP contribution in [0, 0.1) is 11.8 Å². The Morgan fingerprint density at radius 1 is 1.18 bits per heavy atom. The van der Waals surface area contributed by atoms with Gasteiger partial charge in [-0.15, -0.1) is 6.58 Å². The second kappa shape index (κ2) is 12.6. The van der Waals surface area contributed by atoms with E-state index in [-0.39, 0.29) is 58.6 Å². The van der Waals surface area contributed by atoms with E-state index in [4.69, 9.17) is 9.47 Å². The Morgan fingerprint density at radius 3 is 2.64 bits per heavy atom. The molecule has 4 aliphatic rings. The van der Waals surface area contributed by atoms with Gasteiger partial charge in [0, 0.05) is 67.1 Å². The van der Waals surface area contributed by atoms with Crippen molar-refractivity contribution in [1.29, 1.82) is 0 Å². The number of ether oxygens (including phenoxy) is 2. The van der Waals surface area contributed by atoms with E-state index in [0.29, 0.717) is 50.0 Å². The van der Waals surface area contributed by atoms with Crippen molar-refractivity contribution in [3.63, 3.8) is 0 Å². The molecule has 2 heterocycles. The first kappa shape index (κ1) is 31.3. The summed E-state index contributed by atoms with van der Waals surface area (Å²) in [6.07, 6.45) is 7.03. The van der Waals surface area contributed by atoms with Gasteiger partial charge in [-0.25, -0.2) is 0 Å². The van der Waals surface area contributed by atoms with Crippen molar-refractivity contribution in [2.45, 2.75) is 95.7 Å². The van der Waals surface area contributed by atoms with Crippen molar-refractivity contribution in [2.24, 2.45) is 11.8 Å². The summed E-state index contributed by atoms with van der Waals surface area (Å²) in [7, 11) is 0. The average molecular weight is 615 g/mol. The second-order valence-electron chi connectivity index (χ2n) is 13.7. The highest BCUT2D eigenvalue weighted by atomic mass is 16.6. The van der Waals surface area contributed by atoms with Crippen LogP contribution in [0.3, 0.4) is 0 Å². The number of nitrogens with zero attached hydrogens (tertiary/aromatic N) is 2. The van der Waals surface area contributed by atoms with Crippen molar-refractivity contribution >= 4 is 17.7 Å². The molecule has 2 aliphatic heterocycles. The lowest BCUT2D eigenvalue weighted by molar-refractivity contribution is -0.143. The Kier molecular flexibility index (Phi) is 8.79. The monoisotopic (exact) mass is 614 g/mol. The molecule has 2 aromatic rings. The zero-order valence-electron chi connectivity index (χ0n) is 26.8. The summed E-state index contributed by atoms with van der Waals surface area (Å²) in [5.41, 5.74) is 2.19. The van der Waals surface area contributed by atoms with E-state index < -0.39 is 5.97 Å². The molecular formula is C37H46N2O6. The van der Waals surface area contributed by atoms with Crippen LogP contribution in [0.5, 0.6) is 17.2 Å². The van der Waals surface area contributed by atoms with Crippen LogP contribution in [0.25, 0.3) is 0 Å². The number of piperidine rings is 1. The van der Waals surface area contributed by atoms with Gasteiger partial charge < -0.3 is 19.5 Å². The van der Waals surface area contributed by atoms with Crippen LogP contribution in [0.4, 0.5) is 0 Å². The topological polar surface area (TPSA) is 96.4 Å². The quantitative estimate of drug-likeness (QED) is 0.106. The molecule has 0 radical (unpaired) electrons. The molecule has 1 N–H and O–H groups in total. The van der Waals surface area contributed by atoms with Gasteiger partial charge in [-0.1, -0.05) is 50.3 Å². The molecule has 2 fully saturated rings. The molecule has 240 valence electrons. The third kappa shape index (κ3) is 5.56. The fourth-order valence-electron chi connectivity index (χ4n) is 8.88. The first-order valence-electron chi connectivity index (χ1n) is 16.6. The number of hydrogen-bond acceptors (Lipinski definition) is 7. The third-order valence-corrected chi connectivity index (χ3v) is 10.5. The standard InChI is InChI=1S/C37H46N2O6/c1-5-18-38-19-17-37-27-15-16-28(36(37)45-35-32(44-24(4)40)21-31(42)26(34(35)37)20-29(27)38)39(22-23(2)3)33(43)14-10-9-13-30(41)25-11-7-6-8-12-25/h5-8,11-12,21,23,27-29,36,42H,1,9-10,13-20,22H2,2-4H3/t27-,28+,29+,36-,37-/m0/s1. The number of unbranched alkanes of at least 4 members (excludes halogenated alkanes) is 1. The zero-order chi connectivity index (χ0) is 31.9. The molecule has 0 aromatic heterocycles. The van der Waals surface area contributed by atoms with Crippen molar-refractivity contribution in [3.05, 3.63) is 65.7 Å². The van der Waals surface area contributed by atoms with Gasteiger partial charge in [0.05, 0.1) is 6.04 Å². The highest BCUT2D eigenvalue weighted by Crippen LogP contribution is 2.65. The third-order valence-electron chi connectivity index (χ3n) is 10.5. The maximum absolute atomic E-state index is 14.0. The number of benzene rings is 2. The number of phenols is 1. The van der Waals surface area contributed by atoms with Crippen LogP contribution in [-0.4, -0.2) is 70.4 Å². The summed E-state index contributed by atoms with van der Waals surface area (Å²) in [6, 6.07) is 10.9. The van der Waals surface area contributed by atoms with Gasteiger partial charge in [0.15, 0.2) is 17.3 Å². The van der Waals surface area contributed by atoms with Crippen LogP contribution in [0.15, 0.2) is 49.1 Å². The molecule has 0 unspecified atom stereocenters. The lowest BCUT2D eigenvalue weighted by atomic mass is 9.50. The van der Waals surface area contributed by atoms with E-state index >= 15 is 0 Å². The fraction of sp³-hybridized carbons (Fsp3) is 0.541. The highest BCUT2D eigenvalue weighted by molar-refractivity contribution is 5.96. The van der Waals surface area contributed by atoms with E-state index in [0.717, 1.165) is 43.5 Å². The summed E-state index contributed by atoms with van der Waals surface area (Å²) in [5.74, 6) is 1.24. The van der Waals surface area contributed by atoms with E-state index in [1.165, 1.54) is 13.0 Å². The highest BCUT2D eigenvalue weighted by Gasteiger charge is 2.67. The number of amides is 1. The van der Waals surface area contributed by atoms with Crippen LogP contribution < -0.4 is 9.47 Å². The maximum Gasteiger partial charge on any atom is 0.308 e. The van der Waals surface area contributed by atoms with Gasteiger partial charge in [-0.05, 0) is 56.9 Å². The largest absolute Gasteiger partial charge is 0.508 e. The molecule has 5 atom stereocenters. The van der Waals surface area contributed by atoms with Crippen molar-refractivity contribution in [3.8, 4) is 17.2 Å². The van der Waals surface area contributed by atoms with E-state index in [1.807, 2.05) is 36.4 Å². The average Bonchev–Trinajstić information content (AvgIpc) is 3.35. The molecular weight excluding hydrogens is 568 g/mol. The predicted octanol–water partition coefficient (Wildman–Crippen LogP) is 5.84. The number of aromatic hydroxyl groups is 1. The molecule has 2 aliphatic carbocycles. The Labute approximate surface area is 266 Å². The number of ketones is 1. The first-order valence-corrected chi connectivity index (χ1v) is 16.6. The van der Waals surface area contributed by atoms with Crippen LogP contribution in [0.2, 0.25) is 0 Å². The Hall–Kier alpha value is -3.65. The summed E-state index contributed by atoms with van der Waals surface area (Å²) in [4.78, 5) is 43.3. The molecule has 8 nitrogen and oxygen atoms in total. The molecule has 1 saturated carbocycles. The molecule has 6 rings (SSSR count). The summed E-state index contributed by atoms with van der Waals surface area (Å²) < 4.78 is 12.5. The molecule has 2 aromatic carbocycles. The number of rotatable bonds is 12. The number of carbonyl (C=O) groups is 3. The predicted molar refractivity (Wildman–Crippen MR) is 172 cm³/mol. The molecule has 1 saturated heterocycles. The number of phenolic OH excluding ortho intramolecular Hbond substituents is 1. The molecule has 45 heavy (non-hydrogen) atoms. The summed E-state index contributed by atoms with van der Waals surface area (Å²) in [5, 5.41) is 11.3. The van der Waals surface area contributed by atoms with Crippen molar-refractivity contribution in [2.75, 3.05) is 19.6 Å². The number of carbonyl (C=O) groups excluding carboxylic acids is 3. The SMILES string of the molecule is C=CCN1CC[C@]23c4c5c(O)cc(OC(C)=O)c4O[C@H]2[C@H](N(CC(C)C)C(=O)CCCCC(=O)c2ccccc2)CC[C@H]3[C@H]1C5. The lowest BCUT2D eigenvalue weighted by Crippen LogP contribution is -2.69. The number of likely N-dealkylation sites (tertiary alicyclic amines) is 1. The zero-order valence-corrected chi connectivity index (χ0v) is 26.8. The van der Waals surface area contributed by atoms with Gasteiger partial charge in [-0.3, -0.25) is 19.3 Å². The number of Topliss-reactive ketones (excluding diaryl/α,β-unsaturated/α-hetero) is 1. The van der Waals surface area contributed by atoms with E-state index in [9.17, 15) is 19.5 Å². The maximum atomic E-state index is 14.0. The minimum Gasteiger partial charge on any atom is -0.508 e. The molecule has 8 heteroatoms. The smallest absolute Gasteiger partial charge is 0.308 e. The molecule has 1 spiro atoms. The first-order chi connectivity index (χ1) is 21.6. The van der Waals surface area contributed by atoms with Crippen LogP contribution >= 0.6 is 0 Å². The molecule has 2 bridgehead atoms. The Bertz CT molecular complexity index is 1470. The minimum absolute atomic E-state index is 0.0926. The number of hydrogen-bond donors (Lipinski definition) is 1. The normalized spacial score (nSPS) is 26.1. The van der Waals surface area contributed by atoms with Crippen molar-refractivity contribution in [1.82, 2.24) is 9.80 Å². The van der Waals surface area contributed by atoms with Crippen LogP contribution in [-0.2, 0) is 21.4 Å². The van der Waals surface area contributed by atoms with Gasteiger partial charge in [-0.2, -0.15) is 0 Å². The van der Waals surface area contributed by atoms with Gasteiger partial charge in [0.25, 0.3) is 0 Å².